The minimum Gasteiger partial charge on any atom is -0.506 e. The number of benzene rings is 1. The second-order valence-corrected chi connectivity index (χ2v) is 8.08. The molecule has 1 fully saturated rings. The number of nitrogens with one attached hydrogen (secondary N) is 1. The molecule has 114 valence electrons. The van der Waals surface area contributed by atoms with Gasteiger partial charge in [-0.25, -0.2) is 9.03 Å². The fourth-order valence-corrected chi connectivity index (χ4v) is 4.15. The summed E-state index contributed by atoms with van der Waals surface area (Å²) in [4.78, 5) is 11.3. The van der Waals surface area contributed by atoms with E-state index in [1.807, 2.05) is 4.72 Å². The summed E-state index contributed by atoms with van der Waals surface area (Å²) in [5, 5.41) is 10.1. The number of carbonyl (C=O) groups excluding carboxylic acids is 1. The number of anilines is 1. The highest BCUT2D eigenvalue weighted by atomic mass is 32.2. The number of nitrogens with zero attached hydrogens (tertiary/aromatic N) is 1. The molecule has 1 aliphatic heterocycles. The number of phenols is 1. The monoisotopic (exact) mass is 310 g/mol. The van der Waals surface area contributed by atoms with Gasteiger partial charge in [-0.1, -0.05) is 13.8 Å². The maximum Gasteiger partial charge on any atom is 0.326 e. The molecule has 1 aromatic rings. The minimum atomic E-state index is -3.89. The number of aryl methyl sites for hydroxylation is 1. The molecule has 2 N–H and O–H groups in total. The maximum absolute atomic E-state index is 11.9. The van der Waals surface area contributed by atoms with E-state index in [-0.39, 0.29) is 23.4 Å². The van der Waals surface area contributed by atoms with Gasteiger partial charge >= 0.3 is 10.2 Å². The first-order valence-electron chi connectivity index (χ1n) is 6.86. The molecule has 1 heterocycles. The molecule has 21 heavy (non-hydrogen) atoms. The molecule has 3 rings (SSSR count). The van der Waals surface area contributed by atoms with Crippen molar-refractivity contribution >= 4 is 21.8 Å². The van der Waals surface area contributed by atoms with Crippen LogP contribution < -0.4 is 9.03 Å². The van der Waals surface area contributed by atoms with E-state index in [1.54, 1.807) is 12.1 Å². The van der Waals surface area contributed by atoms with Gasteiger partial charge in [-0.05, 0) is 47.9 Å². The second-order valence-electron chi connectivity index (χ2n) is 6.49. The number of aromatic hydroxyl groups is 1. The number of rotatable bonds is 1. The zero-order chi connectivity index (χ0) is 15.4. The lowest BCUT2D eigenvalue weighted by Gasteiger charge is -2.32. The van der Waals surface area contributed by atoms with Crippen molar-refractivity contribution in [2.24, 2.45) is 5.41 Å². The summed E-state index contributed by atoms with van der Waals surface area (Å²) in [7, 11) is -3.89. The number of carbonyl (C=O) groups is 1. The van der Waals surface area contributed by atoms with Crippen LogP contribution in [0.25, 0.3) is 0 Å². The van der Waals surface area contributed by atoms with Crippen LogP contribution in [-0.2, 0) is 27.8 Å². The Morgan fingerprint density at radius 1 is 1.29 bits per heavy atom. The Balaban J connectivity index is 2.07. The first kappa shape index (κ1) is 14.2. The Labute approximate surface area is 124 Å². The van der Waals surface area contributed by atoms with Crippen molar-refractivity contribution < 1.29 is 18.3 Å². The van der Waals surface area contributed by atoms with E-state index >= 15 is 0 Å². The van der Waals surface area contributed by atoms with Gasteiger partial charge in [0.2, 0.25) is 0 Å². The third kappa shape index (κ3) is 2.46. The molecule has 0 saturated carbocycles. The molecule has 0 spiro atoms. The first-order valence-corrected chi connectivity index (χ1v) is 8.30. The molecule has 1 saturated heterocycles. The van der Waals surface area contributed by atoms with Crippen LogP contribution in [0.5, 0.6) is 5.75 Å². The van der Waals surface area contributed by atoms with Crippen LogP contribution in [0.2, 0.25) is 0 Å². The topological polar surface area (TPSA) is 86.7 Å². The Hall–Kier alpha value is -1.76. The van der Waals surface area contributed by atoms with Gasteiger partial charge in [0.15, 0.2) is 0 Å². The van der Waals surface area contributed by atoms with Crippen molar-refractivity contribution in [1.29, 1.82) is 0 Å². The van der Waals surface area contributed by atoms with Gasteiger partial charge in [0.05, 0.1) is 5.69 Å². The molecule has 1 aromatic carbocycles. The van der Waals surface area contributed by atoms with Crippen molar-refractivity contribution in [2.75, 3.05) is 10.8 Å². The molecule has 0 radical (unpaired) electrons. The largest absolute Gasteiger partial charge is 0.506 e. The Kier molecular flexibility index (Phi) is 2.95. The highest BCUT2D eigenvalue weighted by molar-refractivity contribution is 7.92. The summed E-state index contributed by atoms with van der Waals surface area (Å²) in [6, 6.07) is 3.32. The highest BCUT2D eigenvalue weighted by Crippen LogP contribution is 2.40. The smallest absolute Gasteiger partial charge is 0.326 e. The van der Waals surface area contributed by atoms with Gasteiger partial charge in [-0.15, -0.1) is 0 Å². The van der Waals surface area contributed by atoms with E-state index in [0.29, 0.717) is 0 Å². The lowest BCUT2D eigenvalue weighted by Crippen LogP contribution is -2.30. The lowest BCUT2D eigenvalue weighted by atomic mass is 9.74. The summed E-state index contributed by atoms with van der Waals surface area (Å²) in [5.41, 5.74) is 2.41. The molecule has 0 unspecified atom stereocenters. The Bertz CT molecular complexity index is 725. The molecule has 6 nitrogen and oxygen atoms in total. The minimum absolute atomic E-state index is 0.103. The zero-order valence-electron chi connectivity index (χ0n) is 12.0. The van der Waals surface area contributed by atoms with Crippen LogP contribution in [-0.4, -0.2) is 26.0 Å². The van der Waals surface area contributed by atoms with E-state index in [9.17, 15) is 18.3 Å². The summed E-state index contributed by atoms with van der Waals surface area (Å²) >= 11 is 0. The molecular weight excluding hydrogens is 292 g/mol. The van der Waals surface area contributed by atoms with Crippen LogP contribution in [0.1, 0.15) is 31.4 Å². The third-order valence-corrected chi connectivity index (χ3v) is 5.52. The van der Waals surface area contributed by atoms with Crippen LogP contribution in [0, 0.1) is 5.41 Å². The van der Waals surface area contributed by atoms with Crippen molar-refractivity contribution in [2.45, 2.75) is 33.1 Å². The molecule has 0 atom stereocenters. The van der Waals surface area contributed by atoms with E-state index < -0.39 is 16.1 Å². The molecule has 1 amide bonds. The van der Waals surface area contributed by atoms with Crippen molar-refractivity contribution in [3.05, 3.63) is 23.3 Å². The van der Waals surface area contributed by atoms with Gasteiger partial charge in [-0.2, -0.15) is 8.42 Å². The van der Waals surface area contributed by atoms with E-state index in [2.05, 4.69) is 13.8 Å². The van der Waals surface area contributed by atoms with E-state index in [1.165, 1.54) is 0 Å². The highest BCUT2D eigenvalue weighted by Gasteiger charge is 2.36. The van der Waals surface area contributed by atoms with Gasteiger partial charge in [-0.3, -0.25) is 4.79 Å². The van der Waals surface area contributed by atoms with Crippen molar-refractivity contribution in [3.8, 4) is 5.75 Å². The SMILES string of the molecule is CC1(C)CCc2cc(O)c(N3CC(=O)NS3(=O)=O)cc2C1. The lowest BCUT2D eigenvalue weighted by molar-refractivity contribution is -0.117. The fourth-order valence-electron chi connectivity index (χ4n) is 3.00. The van der Waals surface area contributed by atoms with Crippen LogP contribution in [0.15, 0.2) is 12.1 Å². The summed E-state index contributed by atoms with van der Waals surface area (Å²) in [6.45, 7) is 4.04. The van der Waals surface area contributed by atoms with Crippen molar-refractivity contribution in [3.63, 3.8) is 0 Å². The van der Waals surface area contributed by atoms with Crippen LogP contribution in [0.4, 0.5) is 5.69 Å². The third-order valence-electron chi connectivity index (χ3n) is 4.13. The van der Waals surface area contributed by atoms with Gasteiger partial charge in [0.1, 0.15) is 12.3 Å². The molecule has 1 aliphatic carbocycles. The quantitative estimate of drug-likeness (QED) is 0.813. The number of fused-ring (bicyclic) bond motifs is 1. The van der Waals surface area contributed by atoms with Gasteiger partial charge in [0.25, 0.3) is 5.91 Å². The predicted octanol–water partition coefficient (Wildman–Crippen LogP) is 1.09. The Morgan fingerprint density at radius 2 is 2.00 bits per heavy atom. The number of phenolic OH excluding ortho intramolecular Hbond substituents is 1. The van der Waals surface area contributed by atoms with Crippen LogP contribution >= 0.6 is 0 Å². The standard InChI is InChI=1S/C14H18N2O4S/c1-14(2)4-3-9-6-12(17)11(5-10(9)7-14)16-8-13(18)15-21(16,19)20/h5-6,17H,3-4,7-8H2,1-2H3,(H,15,18). The second kappa shape index (κ2) is 4.37. The Morgan fingerprint density at radius 3 is 2.62 bits per heavy atom. The summed E-state index contributed by atoms with van der Waals surface area (Å²) in [6.07, 6.45) is 2.71. The van der Waals surface area contributed by atoms with Crippen LogP contribution in [0.3, 0.4) is 0 Å². The molecule has 7 heteroatoms. The predicted molar refractivity (Wildman–Crippen MR) is 78.3 cm³/mol. The molecule has 0 bridgehead atoms. The van der Waals surface area contributed by atoms with Gasteiger partial charge in [0, 0.05) is 0 Å². The van der Waals surface area contributed by atoms with E-state index in [0.717, 1.165) is 34.7 Å². The van der Waals surface area contributed by atoms with Crippen molar-refractivity contribution in [1.82, 2.24) is 4.72 Å². The average Bonchev–Trinajstić information content (AvgIpc) is 2.61. The first-order chi connectivity index (χ1) is 9.68. The number of amides is 1. The number of hydrogen-bond acceptors (Lipinski definition) is 4. The normalized spacial score (nSPS) is 22.8. The fraction of sp³-hybridized carbons (Fsp3) is 0.500. The molecular formula is C14H18N2O4S. The molecule has 2 aliphatic rings. The number of hydrogen-bond donors (Lipinski definition) is 2. The average molecular weight is 310 g/mol. The zero-order valence-corrected chi connectivity index (χ0v) is 12.8. The summed E-state index contributed by atoms with van der Waals surface area (Å²) < 4.78 is 26.6. The molecule has 0 aromatic heterocycles. The maximum atomic E-state index is 11.9. The van der Waals surface area contributed by atoms with E-state index in [4.69, 9.17) is 0 Å². The van der Waals surface area contributed by atoms with Gasteiger partial charge < -0.3 is 5.11 Å². The summed E-state index contributed by atoms with van der Waals surface area (Å²) in [5.74, 6) is -0.694.